The van der Waals surface area contributed by atoms with E-state index in [1.807, 2.05) is 0 Å². The van der Waals surface area contributed by atoms with Gasteiger partial charge in [0.2, 0.25) is 0 Å². The number of hydrogen-bond donors (Lipinski definition) is 1. The van der Waals surface area contributed by atoms with E-state index in [9.17, 15) is 9.90 Å². The second-order valence-corrected chi connectivity index (χ2v) is 12.7. The van der Waals surface area contributed by atoms with Gasteiger partial charge in [-0.2, -0.15) is 0 Å². The van der Waals surface area contributed by atoms with Gasteiger partial charge in [0.25, 0.3) is 0 Å². The number of quaternary nitrogens is 1. The van der Waals surface area contributed by atoms with E-state index < -0.39 is 11.5 Å². The number of carbonyl (C=O) groups excluding carboxylic acids is 1. The van der Waals surface area contributed by atoms with E-state index in [1.165, 1.54) is 24.8 Å². The highest BCUT2D eigenvalue weighted by atomic mass is 16.6. The van der Waals surface area contributed by atoms with Crippen LogP contribution >= 0.6 is 0 Å². The number of likely N-dealkylation sites (N-methyl/N-ethyl adjacent to an activating group) is 1. The van der Waals surface area contributed by atoms with Crippen LogP contribution in [0.15, 0.2) is 23.3 Å². The van der Waals surface area contributed by atoms with E-state index >= 15 is 0 Å². The summed E-state index contributed by atoms with van der Waals surface area (Å²) in [6.45, 7) is 11.5. The Morgan fingerprint density at radius 2 is 2.03 bits per heavy atom. The fraction of sp³-hybridized carbons (Fsp3) is 0.821. The fourth-order valence-electron chi connectivity index (χ4n) is 7.35. The summed E-state index contributed by atoms with van der Waals surface area (Å²) in [4.78, 5) is 13.5. The third-order valence-electron chi connectivity index (χ3n) is 9.26. The van der Waals surface area contributed by atoms with Crippen LogP contribution in [0.4, 0.5) is 0 Å². The van der Waals surface area contributed by atoms with E-state index in [0.29, 0.717) is 34.9 Å². The summed E-state index contributed by atoms with van der Waals surface area (Å²) in [5, 5.41) is 10.6. The molecule has 1 N–H and O–H groups in total. The molecule has 0 radical (unpaired) electrons. The second kappa shape index (κ2) is 9.13. The van der Waals surface area contributed by atoms with Crippen LogP contribution < -0.4 is 0 Å². The molecular formula is C28H46NO4+. The first-order chi connectivity index (χ1) is 15.4. The van der Waals surface area contributed by atoms with Gasteiger partial charge in [-0.3, -0.25) is 4.79 Å². The Kier molecular flexibility index (Phi) is 6.90. The maximum atomic E-state index is 13.5. The van der Waals surface area contributed by atoms with Crippen molar-refractivity contribution in [1.29, 1.82) is 0 Å². The number of carbonyl (C=O) groups is 1. The van der Waals surface area contributed by atoms with Crippen LogP contribution in [0, 0.1) is 28.6 Å². The minimum atomic E-state index is -0.655. The Morgan fingerprint density at radius 1 is 1.30 bits per heavy atom. The van der Waals surface area contributed by atoms with Gasteiger partial charge in [-0.15, -0.1) is 0 Å². The highest BCUT2D eigenvalue weighted by molar-refractivity contribution is 5.77. The van der Waals surface area contributed by atoms with Gasteiger partial charge in [-0.1, -0.05) is 44.9 Å². The van der Waals surface area contributed by atoms with Crippen molar-refractivity contribution in [2.45, 2.75) is 78.4 Å². The van der Waals surface area contributed by atoms with Gasteiger partial charge in [-0.25, -0.2) is 0 Å². The fourth-order valence-corrected chi connectivity index (χ4v) is 7.35. The molecule has 0 amide bonds. The minimum Gasteiger partial charge on any atom is -0.462 e. The molecule has 2 unspecified atom stereocenters. The molecule has 0 aromatic rings. The first kappa shape index (κ1) is 24.9. The molecule has 5 nitrogen and oxygen atoms in total. The molecule has 3 aliphatic carbocycles. The molecule has 4 aliphatic rings. The van der Waals surface area contributed by atoms with Crippen LogP contribution in [0.1, 0.15) is 66.2 Å². The Morgan fingerprint density at radius 3 is 2.70 bits per heavy atom. The first-order valence-corrected chi connectivity index (χ1v) is 13.1. The Labute approximate surface area is 200 Å². The SMILES string of the molecule is CC(C)C1=CC2=CC[C@@H]3[C@](C)(CCC[C@@]3(C)C(=O)OCC(O)C[N+](C)(C)CC3CO3)[C@H]2CC1. The van der Waals surface area contributed by atoms with Gasteiger partial charge >= 0.3 is 5.97 Å². The lowest BCUT2D eigenvalue weighted by Crippen LogP contribution is -2.54. The van der Waals surface area contributed by atoms with Crippen molar-refractivity contribution in [3.63, 3.8) is 0 Å². The van der Waals surface area contributed by atoms with Crippen molar-refractivity contribution in [2.24, 2.45) is 28.6 Å². The van der Waals surface area contributed by atoms with Gasteiger partial charge in [-0.05, 0) is 67.8 Å². The van der Waals surface area contributed by atoms with E-state index in [2.05, 4.69) is 53.9 Å². The Hall–Kier alpha value is -1.17. The molecule has 0 aromatic carbocycles. The van der Waals surface area contributed by atoms with Crippen LogP contribution in [0.5, 0.6) is 0 Å². The average molecular weight is 461 g/mol. The molecule has 6 atom stereocenters. The molecule has 1 saturated carbocycles. The monoisotopic (exact) mass is 460 g/mol. The van der Waals surface area contributed by atoms with Crippen molar-refractivity contribution in [3.8, 4) is 0 Å². The third kappa shape index (κ3) is 5.11. The van der Waals surface area contributed by atoms with Gasteiger partial charge in [0.15, 0.2) is 0 Å². The van der Waals surface area contributed by atoms with Gasteiger partial charge in [0.05, 0.1) is 26.1 Å². The van der Waals surface area contributed by atoms with E-state index in [0.717, 1.165) is 32.4 Å². The average Bonchev–Trinajstić information content (AvgIpc) is 3.54. The first-order valence-electron chi connectivity index (χ1n) is 13.1. The molecule has 0 spiro atoms. The molecule has 4 rings (SSSR count). The topological polar surface area (TPSA) is 59.1 Å². The number of esters is 1. The molecule has 0 bridgehead atoms. The number of fused-ring (bicyclic) bond motifs is 3. The summed E-state index contributed by atoms with van der Waals surface area (Å²) in [7, 11) is 4.19. The predicted molar refractivity (Wildman–Crippen MR) is 130 cm³/mol. The van der Waals surface area contributed by atoms with Gasteiger partial charge in [0.1, 0.15) is 31.9 Å². The summed E-state index contributed by atoms with van der Waals surface area (Å²) in [6.07, 6.45) is 11.0. The summed E-state index contributed by atoms with van der Waals surface area (Å²) >= 11 is 0. The number of allylic oxidation sites excluding steroid dienone is 4. The number of hydrogen-bond acceptors (Lipinski definition) is 4. The number of ether oxygens (including phenoxy) is 2. The highest BCUT2D eigenvalue weighted by Gasteiger charge is 2.57. The molecule has 2 fully saturated rings. The maximum absolute atomic E-state index is 13.5. The van der Waals surface area contributed by atoms with E-state index in [4.69, 9.17) is 9.47 Å². The number of epoxide rings is 1. The lowest BCUT2D eigenvalue weighted by Gasteiger charge is -2.57. The normalized spacial score (nSPS) is 36.9. The molecule has 1 saturated heterocycles. The van der Waals surface area contributed by atoms with Crippen molar-refractivity contribution in [1.82, 2.24) is 0 Å². The summed E-state index contributed by atoms with van der Waals surface area (Å²) in [5.74, 6) is 1.33. The van der Waals surface area contributed by atoms with Gasteiger partial charge in [0, 0.05) is 0 Å². The zero-order valence-corrected chi connectivity index (χ0v) is 21.7. The maximum Gasteiger partial charge on any atom is 0.312 e. The molecule has 5 heteroatoms. The van der Waals surface area contributed by atoms with Crippen LogP contribution in [0.3, 0.4) is 0 Å². The van der Waals surface area contributed by atoms with Crippen molar-refractivity contribution in [2.75, 3.05) is 40.4 Å². The quantitative estimate of drug-likeness (QED) is 0.329. The number of nitrogens with zero attached hydrogens (tertiary/aromatic N) is 1. The smallest absolute Gasteiger partial charge is 0.312 e. The van der Waals surface area contributed by atoms with Crippen LogP contribution in [0.2, 0.25) is 0 Å². The van der Waals surface area contributed by atoms with E-state index in [-0.39, 0.29) is 18.0 Å². The third-order valence-corrected chi connectivity index (χ3v) is 9.26. The number of aliphatic hydroxyl groups is 1. The largest absolute Gasteiger partial charge is 0.462 e. The molecule has 0 aromatic heterocycles. The Bertz CT molecular complexity index is 811. The molecule has 186 valence electrons. The van der Waals surface area contributed by atoms with Gasteiger partial charge < -0.3 is 19.1 Å². The zero-order valence-electron chi connectivity index (χ0n) is 21.7. The van der Waals surface area contributed by atoms with Crippen molar-refractivity contribution < 1.29 is 23.9 Å². The number of rotatable bonds is 8. The molecule has 33 heavy (non-hydrogen) atoms. The molecular weight excluding hydrogens is 414 g/mol. The standard InChI is InChI=1S/C28H46NO4/c1-19(2)20-8-10-24-21(14-20)9-11-25-27(24,3)12-7-13-28(25,4)26(31)33-17-22(30)15-29(5,6)16-23-18-32-23/h9,14,19,22-25,30H,7-8,10-13,15-18H2,1-6H3/q+1/t22?,23?,24-,25+,27+,28+/m0/s1. The van der Waals surface area contributed by atoms with E-state index in [1.54, 1.807) is 5.57 Å². The summed E-state index contributed by atoms with van der Waals surface area (Å²) in [5.41, 5.74) is 2.73. The second-order valence-electron chi connectivity index (χ2n) is 12.7. The molecule has 1 heterocycles. The lowest BCUT2D eigenvalue weighted by atomic mass is 9.47. The zero-order chi connectivity index (χ0) is 24.0. The highest BCUT2D eigenvalue weighted by Crippen LogP contribution is 2.62. The van der Waals surface area contributed by atoms with Crippen LogP contribution in [-0.2, 0) is 14.3 Å². The van der Waals surface area contributed by atoms with Crippen molar-refractivity contribution >= 4 is 5.97 Å². The Balaban J connectivity index is 1.43. The molecule has 1 aliphatic heterocycles. The lowest BCUT2D eigenvalue weighted by molar-refractivity contribution is -0.893. The number of aliphatic hydroxyl groups excluding tert-OH is 1. The predicted octanol–water partition coefficient (Wildman–Crippen LogP) is 4.50. The van der Waals surface area contributed by atoms with Crippen LogP contribution in [-0.4, -0.2) is 68.2 Å². The van der Waals surface area contributed by atoms with Crippen LogP contribution in [0.25, 0.3) is 0 Å². The summed E-state index contributed by atoms with van der Waals surface area (Å²) < 4.78 is 11.8. The van der Waals surface area contributed by atoms with Crippen molar-refractivity contribution in [3.05, 3.63) is 23.3 Å². The minimum absolute atomic E-state index is 0.0794. The summed E-state index contributed by atoms with van der Waals surface area (Å²) in [6, 6.07) is 0.